The fourth-order valence-corrected chi connectivity index (χ4v) is 3.68. The quantitative estimate of drug-likeness (QED) is 0.575. The zero-order valence-corrected chi connectivity index (χ0v) is 14.2. The van der Waals surface area contributed by atoms with Gasteiger partial charge in [-0.05, 0) is 37.8 Å². The lowest BCUT2D eigenvalue weighted by Gasteiger charge is -2.17. The Bertz CT molecular complexity index is 727. The number of hydrogen-bond donors (Lipinski definition) is 2. The van der Waals surface area contributed by atoms with Crippen molar-refractivity contribution >= 4 is 21.7 Å². The Morgan fingerprint density at radius 2 is 1.87 bits per heavy atom. The van der Waals surface area contributed by atoms with E-state index in [0.29, 0.717) is 11.1 Å². The Labute approximate surface area is 134 Å². The molecule has 0 saturated carbocycles. The average Bonchev–Trinajstić information content (AvgIpc) is 2.35. The number of carboxylic acids is 1. The lowest BCUT2D eigenvalue weighted by atomic mass is 10.1. The maximum absolute atomic E-state index is 12.4. The molecule has 0 unspecified atom stereocenters. The van der Waals surface area contributed by atoms with E-state index in [4.69, 9.17) is 5.11 Å². The number of nitro benzene ring substituents is 1. The lowest BCUT2D eigenvalue weighted by molar-refractivity contribution is -0.385. The van der Waals surface area contributed by atoms with Crippen molar-refractivity contribution in [2.75, 3.05) is 0 Å². The maximum Gasteiger partial charge on any atom is 0.321 e. The Morgan fingerprint density at radius 1 is 1.30 bits per heavy atom. The largest absolute Gasteiger partial charge is 0.480 e. The number of hydrogen-bond acceptors (Lipinski definition) is 5. The van der Waals surface area contributed by atoms with Gasteiger partial charge in [-0.15, -0.1) is 0 Å². The van der Waals surface area contributed by atoms with E-state index in [-0.39, 0.29) is 22.9 Å². The highest BCUT2D eigenvalue weighted by molar-refractivity contribution is 7.89. The minimum atomic E-state index is -4.19. The number of nitrogens with one attached hydrogen (secondary N) is 1. The number of sulfonamides is 1. The topological polar surface area (TPSA) is 127 Å². The molecule has 0 amide bonds. The molecular formula is C14H20N2O6S. The van der Waals surface area contributed by atoms with Crippen LogP contribution in [0.2, 0.25) is 0 Å². The number of aliphatic carboxylic acids is 1. The number of nitro groups is 1. The van der Waals surface area contributed by atoms with Crippen molar-refractivity contribution in [2.45, 2.75) is 45.1 Å². The normalized spacial score (nSPS) is 13.1. The monoisotopic (exact) mass is 344 g/mol. The molecule has 8 nitrogen and oxygen atoms in total. The molecule has 1 aromatic carbocycles. The third-order valence-electron chi connectivity index (χ3n) is 3.28. The van der Waals surface area contributed by atoms with Crippen LogP contribution in [0.25, 0.3) is 0 Å². The van der Waals surface area contributed by atoms with Crippen molar-refractivity contribution in [3.05, 3.63) is 33.4 Å². The Hall–Kier alpha value is -2.00. The van der Waals surface area contributed by atoms with E-state index in [9.17, 15) is 23.3 Å². The minimum Gasteiger partial charge on any atom is -0.480 e. The molecule has 0 heterocycles. The number of benzene rings is 1. The van der Waals surface area contributed by atoms with Crippen LogP contribution in [0.1, 0.15) is 31.4 Å². The van der Waals surface area contributed by atoms with Gasteiger partial charge in [0.1, 0.15) is 6.04 Å². The molecule has 0 aliphatic carbocycles. The second kappa shape index (κ2) is 7.05. The number of rotatable bonds is 7. The molecule has 0 fully saturated rings. The zero-order chi connectivity index (χ0) is 17.9. The first kappa shape index (κ1) is 19.0. The van der Waals surface area contributed by atoms with E-state index in [0.717, 1.165) is 6.07 Å². The SMILES string of the molecule is Cc1cc(C)c(S(=O)(=O)N[C@H](CC(C)C)C(=O)O)cc1[N+](=O)[O-]. The molecule has 1 rings (SSSR count). The van der Waals surface area contributed by atoms with Gasteiger partial charge in [0.05, 0.1) is 9.82 Å². The van der Waals surface area contributed by atoms with Crippen LogP contribution in [0.5, 0.6) is 0 Å². The molecule has 2 N–H and O–H groups in total. The summed E-state index contributed by atoms with van der Waals surface area (Å²) in [4.78, 5) is 21.3. The van der Waals surface area contributed by atoms with Crippen molar-refractivity contribution < 1.29 is 23.2 Å². The molecule has 0 aliphatic rings. The molecule has 0 bridgehead atoms. The van der Waals surface area contributed by atoms with Crippen LogP contribution in [0, 0.1) is 29.9 Å². The van der Waals surface area contributed by atoms with Crippen molar-refractivity contribution in [3.63, 3.8) is 0 Å². The standard InChI is InChI=1S/C14H20N2O6S/c1-8(2)5-11(14(17)18)15-23(21,22)13-7-12(16(19)20)9(3)6-10(13)4/h6-8,11,15H,5H2,1-4H3,(H,17,18)/t11-/m1/s1. The molecule has 0 spiro atoms. The molecule has 23 heavy (non-hydrogen) atoms. The van der Waals surface area contributed by atoms with Crippen LogP contribution >= 0.6 is 0 Å². The zero-order valence-electron chi connectivity index (χ0n) is 13.4. The lowest BCUT2D eigenvalue weighted by Crippen LogP contribution is -2.41. The van der Waals surface area contributed by atoms with Crippen molar-refractivity contribution in [3.8, 4) is 0 Å². The maximum atomic E-state index is 12.4. The van der Waals surface area contributed by atoms with Gasteiger partial charge in [0.2, 0.25) is 10.0 Å². The van der Waals surface area contributed by atoms with Crippen molar-refractivity contribution in [2.24, 2.45) is 5.92 Å². The first-order valence-corrected chi connectivity index (χ1v) is 8.44. The number of aryl methyl sites for hydroxylation is 2. The first-order chi connectivity index (χ1) is 10.5. The van der Waals surface area contributed by atoms with E-state index in [2.05, 4.69) is 4.72 Å². The molecule has 9 heteroatoms. The first-order valence-electron chi connectivity index (χ1n) is 6.96. The molecule has 0 aromatic heterocycles. The fraction of sp³-hybridized carbons (Fsp3) is 0.500. The van der Waals surface area contributed by atoms with E-state index < -0.39 is 27.0 Å². The van der Waals surface area contributed by atoms with Gasteiger partial charge in [-0.2, -0.15) is 4.72 Å². The van der Waals surface area contributed by atoms with Gasteiger partial charge < -0.3 is 5.11 Å². The van der Waals surface area contributed by atoms with E-state index >= 15 is 0 Å². The molecule has 128 valence electrons. The molecule has 0 radical (unpaired) electrons. The van der Waals surface area contributed by atoms with E-state index in [1.165, 1.54) is 19.9 Å². The molecule has 1 aromatic rings. The van der Waals surface area contributed by atoms with Gasteiger partial charge in [0.25, 0.3) is 5.69 Å². The second-order valence-corrected chi connectivity index (χ2v) is 7.49. The van der Waals surface area contributed by atoms with Gasteiger partial charge in [0.15, 0.2) is 0 Å². The summed E-state index contributed by atoms with van der Waals surface area (Å²) in [5.41, 5.74) is 0.324. The summed E-state index contributed by atoms with van der Waals surface area (Å²) < 4.78 is 27.0. The Kier molecular flexibility index (Phi) is 5.84. The molecule has 0 aliphatic heterocycles. The summed E-state index contributed by atoms with van der Waals surface area (Å²) in [5, 5.41) is 20.1. The van der Waals surface area contributed by atoms with Gasteiger partial charge in [-0.3, -0.25) is 14.9 Å². The van der Waals surface area contributed by atoms with Crippen LogP contribution in [-0.2, 0) is 14.8 Å². The highest BCUT2D eigenvalue weighted by Gasteiger charge is 2.29. The van der Waals surface area contributed by atoms with E-state index in [1.807, 2.05) is 0 Å². The van der Waals surface area contributed by atoms with Crippen LogP contribution in [0.15, 0.2) is 17.0 Å². The molecule has 1 atom stereocenters. The third kappa shape index (κ3) is 4.73. The van der Waals surface area contributed by atoms with Gasteiger partial charge >= 0.3 is 5.97 Å². The highest BCUT2D eigenvalue weighted by atomic mass is 32.2. The summed E-state index contributed by atoms with van der Waals surface area (Å²) in [6, 6.07) is 1.06. The Morgan fingerprint density at radius 3 is 2.30 bits per heavy atom. The second-order valence-electron chi connectivity index (χ2n) is 5.80. The van der Waals surface area contributed by atoms with Crippen LogP contribution < -0.4 is 4.72 Å². The van der Waals surface area contributed by atoms with Gasteiger partial charge in [0, 0.05) is 11.6 Å². The summed E-state index contributed by atoms with van der Waals surface area (Å²) in [6.07, 6.45) is 0.113. The predicted octanol–water partition coefficient (Wildman–Crippen LogP) is 1.99. The predicted molar refractivity (Wildman–Crippen MR) is 83.8 cm³/mol. The number of carbonyl (C=O) groups is 1. The van der Waals surface area contributed by atoms with Crippen molar-refractivity contribution in [1.29, 1.82) is 0 Å². The summed E-state index contributed by atoms with van der Waals surface area (Å²) in [7, 11) is -4.19. The summed E-state index contributed by atoms with van der Waals surface area (Å²) >= 11 is 0. The number of nitrogens with zero attached hydrogens (tertiary/aromatic N) is 1. The smallest absolute Gasteiger partial charge is 0.321 e. The Balaban J connectivity index is 3.30. The van der Waals surface area contributed by atoms with E-state index in [1.54, 1.807) is 13.8 Å². The third-order valence-corrected chi connectivity index (χ3v) is 4.90. The number of carboxylic acid groups (broad SMARTS) is 1. The van der Waals surface area contributed by atoms with Crippen molar-refractivity contribution in [1.82, 2.24) is 4.72 Å². The van der Waals surface area contributed by atoms with Gasteiger partial charge in [-0.25, -0.2) is 8.42 Å². The average molecular weight is 344 g/mol. The summed E-state index contributed by atoms with van der Waals surface area (Å²) in [5.74, 6) is -1.33. The molecule has 0 saturated heterocycles. The summed E-state index contributed by atoms with van der Waals surface area (Å²) in [6.45, 7) is 6.55. The van der Waals surface area contributed by atoms with Crippen LogP contribution in [0.4, 0.5) is 5.69 Å². The molecular weight excluding hydrogens is 324 g/mol. The van der Waals surface area contributed by atoms with Gasteiger partial charge in [-0.1, -0.05) is 13.8 Å². The minimum absolute atomic E-state index is 0.0350. The van der Waals surface area contributed by atoms with Crippen LogP contribution in [-0.4, -0.2) is 30.5 Å². The van der Waals surface area contributed by atoms with Crippen LogP contribution in [0.3, 0.4) is 0 Å². The highest BCUT2D eigenvalue weighted by Crippen LogP contribution is 2.26. The fourth-order valence-electron chi connectivity index (χ4n) is 2.23.